The summed E-state index contributed by atoms with van der Waals surface area (Å²) in [4.78, 5) is 11.0. The fourth-order valence-corrected chi connectivity index (χ4v) is 1.58. The van der Waals surface area contributed by atoms with Gasteiger partial charge < -0.3 is 10.1 Å². The van der Waals surface area contributed by atoms with E-state index in [4.69, 9.17) is 16.3 Å². The third-order valence-corrected chi connectivity index (χ3v) is 2.39. The Morgan fingerprint density at radius 3 is 2.94 bits per heavy atom. The standard InChI is InChI=1S/C13H16ClNO2/c1-3-17-13(16)5-4-8-15-12-7-6-10(2)9-11(12)14/h4-7,9,15H,3,8H2,1-2H3/b5-4+. The first-order valence-electron chi connectivity index (χ1n) is 5.46. The van der Waals surface area contributed by atoms with Crippen LogP contribution in [0.1, 0.15) is 12.5 Å². The fraction of sp³-hybridized carbons (Fsp3) is 0.308. The Kier molecular flexibility index (Phi) is 5.57. The summed E-state index contributed by atoms with van der Waals surface area (Å²) >= 11 is 6.04. The molecule has 0 bridgehead atoms. The Morgan fingerprint density at radius 1 is 1.53 bits per heavy atom. The van der Waals surface area contributed by atoms with Crippen molar-refractivity contribution in [2.45, 2.75) is 13.8 Å². The molecule has 0 amide bonds. The van der Waals surface area contributed by atoms with E-state index in [9.17, 15) is 4.79 Å². The van der Waals surface area contributed by atoms with Crippen LogP contribution in [0.25, 0.3) is 0 Å². The molecule has 17 heavy (non-hydrogen) atoms. The third kappa shape index (κ3) is 4.91. The summed E-state index contributed by atoms with van der Waals surface area (Å²) in [6.45, 7) is 4.67. The van der Waals surface area contributed by atoms with Crippen LogP contribution in [0.3, 0.4) is 0 Å². The Hall–Kier alpha value is -1.48. The topological polar surface area (TPSA) is 38.3 Å². The zero-order valence-corrected chi connectivity index (χ0v) is 10.8. The third-order valence-electron chi connectivity index (χ3n) is 2.08. The lowest BCUT2D eigenvalue weighted by molar-refractivity contribution is -0.137. The van der Waals surface area contributed by atoms with Gasteiger partial charge in [0.25, 0.3) is 0 Å². The number of carbonyl (C=O) groups is 1. The largest absolute Gasteiger partial charge is 0.463 e. The Labute approximate surface area is 106 Å². The van der Waals surface area contributed by atoms with Crippen molar-refractivity contribution in [3.63, 3.8) is 0 Å². The SMILES string of the molecule is CCOC(=O)/C=C/CNc1ccc(C)cc1Cl. The highest BCUT2D eigenvalue weighted by atomic mass is 35.5. The molecule has 0 saturated heterocycles. The minimum Gasteiger partial charge on any atom is -0.463 e. The van der Waals surface area contributed by atoms with Gasteiger partial charge in [-0.2, -0.15) is 0 Å². The smallest absolute Gasteiger partial charge is 0.330 e. The van der Waals surface area contributed by atoms with Gasteiger partial charge in [0.1, 0.15) is 0 Å². The lowest BCUT2D eigenvalue weighted by Crippen LogP contribution is -2.02. The molecule has 0 atom stereocenters. The van der Waals surface area contributed by atoms with Crippen LogP contribution in [-0.2, 0) is 9.53 Å². The molecule has 0 unspecified atom stereocenters. The maximum atomic E-state index is 11.0. The Balaban J connectivity index is 2.43. The average molecular weight is 254 g/mol. The lowest BCUT2D eigenvalue weighted by Gasteiger charge is -2.06. The number of hydrogen-bond acceptors (Lipinski definition) is 3. The van der Waals surface area contributed by atoms with E-state index in [1.807, 2.05) is 25.1 Å². The molecule has 1 rings (SSSR count). The second kappa shape index (κ2) is 6.97. The van der Waals surface area contributed by atoms with Crippen LogP contribution in [0.15, 0.2) is 30.4 Å². The van der Waals surface area contributed by atoms with Crippen molar-refractivity contribution in [3.05, 3.63) is 40.9 Å². The van der Waals surface area contributed by atoms with Gasteiger partial charge in [-0.05, 0) is 31.5 Å². The molecule has 0 spiro atoms. The number of anilines is 1. The maximum absolute atomic E-state index is 11.0. The van der Waals surface area contributed by atoms with Gasteiger partial charge in [-0.3, -0.25) is 0 Å². The van der Waals surface area contributed by atoms with Gasteiger partial charge in [0.2, 0.25) is 0 Å². The molecule has 4 heteroatoms. The molecule has 92 valence electrons. The van der Waals surface area contributed by atoms with E-state index in [2.05, 4.69) is 5.32 Å². The minimum atomic E-state index is -0.329. The number of ether oxygens (including phenoxy) is 1. The molecular formula is C13H16ClNO2. The number of hydrogen-bond donors (Lipinski definition) is 1. The molecule has 1 aromatic carbocycles. The van der Waals surface area contributed by atoms with E-state index in [-0.39, 0.29) is 5.97 Å². The van der Waals surface area contributed by atoms with E-state index in [1.54, 1.807) is 13.0 Å². The van der Waals surface area contributed by atoms with E-state index in [0.29, 0.717) is 18.2 Å². The van der Waals surface area contributed by atoms with Crippen molar-refractivity contribution in [3.8, 4) is 0 Å². The molecule has 0 aliphatic carbocycles. The van der Waals surface area contributed by atoms with Crippen molar-refractivity contribution < 1.29 is 9.53 Å². The number of carbonyl (C=O) groups excluding carboxylic acids is 1. The Morgan fingerprint density at radius 2 is 2.29 bits per heavy atom. The van der Waals surface area contributed by atoms with Crippen LogP contribution in [0, 0.1) is 6.92 Å². The number of rotatable bonds is 5. The number of nitrogens with one attached hydrogen (secondary N) is 1. The van der Waals surface area contributed by atoms with Crippen LogP contribution >= 0.6 is 11.6 Å². The van der Waals surface area contributed by atoms with Gasteiger partial charge in [-0.1, -0.05) is 23.7 Å². The van der Waals surface area contributed by atoms with Crippen LogP contribution in [0.4, 0.5) is 5.69 Å². The van der Waals surface area contributed by atoms with Crippen molar-refractivity contribution in [2.75, 3.05) is 18.5 Å². The lowest BCUT2D eigenvalue weighted by atomic mass is 10.2. The fourth-order valence-electron chi connectivity index (χ4n) is 1.28. The molecule has 0 aliphatic rings. The molecule has 0 saturated carbocycles. The summed E-state index contributed by atoms with van der Waals surface area (Å²) < 4.78 is 4.75. The van der Waals surface area contributed by atoms with Crippen LogP contribution in [0.5, 0.6) is 0 Å². The highest BCUT2D eigenvalue weighted by Crippen LogP contribution is 2.22. The number of esters is 1. The van der Waals surface area contributed by atoms with Gasteiger partial charge in [0.15, 0.2) is 0 Å². The highest BCUT2D eigenvalue weighted by Gasteiger charge is 1.98. The minimum absolute atomic E-state index is 0.329. The second-order valence-electron chi connectivity index (χ2n) is 3.52. The van der Waals surface area contributed by atoms with Gasteiger partial charge in [0.05, 0.1) is 17.3 Å². The predicted octanol–water partition coefficient (Wildman–Crippen LogP) is 3.18. The molecule has 1 aromatic rings. The quantitative estimate of drug-likeness (QED) is 0.647. The maximum Gasteiger partial charge on any atom is 0.330 e. The predicted molar refractivity (Wildman–Crippen MR) is 70.5 cm³/mol. The zero-order valence-electron chi connectivity index (χ0n) is 10.00. The highest BCUT2D eigenvalue weighted by molar-refractivity contribution is 6.33. The van der Waals surface area contributed by atoms with Crippen LogP contribution in [0.2, 0.25) is 5.02 Å². The summed E-state index contributed by atoms with van der Waals surface area (Å²) in [7, 11) is 0. The van der Waals surface area contributed by atoms with Gasteiger partial charge in [-0.15, -0.1) is 0 Å². The van der Waals surface area contributed by atoms with Crippen molar-refractivity contribution in [2.24, 2.45) is 0 Å². The van der Waals surface area contributed by atoms with Crippen molar-refractivity contribution >= 4 is 23.3 Å². The first-order chi connectivity index (χ1) is 8.13. The van der Waals surface area contributed by atoms with Crippen molar-refractivity contribution in [1.82, 2.24) is 0 Å². The van der Waals surface area contributed by atoms with Gasteiger partial charge >= 0.3 is 5.97 Å². The van der Waals surface area contributed by atoms with Crippen LogP contribution < -0.4 is 5.32 Å². The second-order valence-corrected chi connectivity index (χ2v) is 3.93. The van der Waals surface area contributed by atoms with E-state index >= 15 is 0 Å². The summed E-state index contributed by atoms with van der Waals surface area (Å²) in [5.41, 5.74) is 1.97. The van der Waals surface area contributed by atoms with E-state index < -0.39 is 0 Å². The number of halogens is 1. The van der Waals surface area contributed by atoms with E-state index in [0.717, 1.165) is 11.3 Å². The van der Waals surface area contributed by atoms with Gasteiger partial charge in [-0.25, -0.2) is 4.79 Å². The van der Waals surface area contributed by atoms with Gasteiger partial charge in [0, 0.05) is 12.6 Å². The molecule has 0 radical (unpaired) electrons. The molecule has 0 heterocycles. The molecule has 1 N–H and O–H groups in total. The summed E-state index contributed by atoms with van der Waals surface area (Å²) in [6.07, 6.45) is 3.10. The number of aryl methyl sites for hydroxylation is 1. The van der Waals surface area contributed by atoms with E-state index in [1.165, 1.54) is 6.08 Å². The normalized spacial score (nSPS) is 10.5. The molecular weight excluding hydrogens is 238 g/mol. The monoisotopic (exact) mass is 253 g/mol. The summed E-state index contributed by atoms with van der Waals surface area (Å²) in [5.74, 6) is -0.329. The Bertz CT molecular complexity index is 416. The summed E-state index contributed by atoms with van der Waals surface area (Å²) in [6, 6.07) is 5.78. The first-order valence-corrected chi connectivity index (χ1v) is 5.84. The molecule has 0 aliphatic heterocycles. The molecule has 3 nitrogen and oxygen atoms in total. The first kappa shape index (κ1) is 13.6. The number of benzene rings is 1. The molecule has 0 fully saturated rings. The van der Waals surface area contributed by atoms with Crippen molar-refractivity contribution in [1.29, 1.82) is 0 Å². The molecule has 0 aromatic heterocycles. The summed E-state index contributed by atoms with van der Waals surface area (Å²) in [5, 5.41) is 3.79. The van der Waals surface area contributed by atoms with Crippen LogP contribution in [-0.4, -0.2) is 19.1 Å². The average Bonchev–Trinajstić information content (AvgIpc) is 2.27. The zero-order chi connectivity index (χ0) is 12.7.